The van der Waals surface area contributed by atoms with Crippen molar-refractivity contribution >= 4 is 29.3 Å². The molecule has 0 saturated carbocycles. The maximum absolute atomic E-state index is 12.7. The Hall–Kier alpha value is -3.81. The maximum atomic E-state index is 12.7. The number of amides is 1. The summed E-state index contributed by atoms with van der Waals surface area (Å²) in [6.07, 6.45) is 4.85. The summed E-state index contributed by atoms with van der Waals surface area (Å²) >= 11 is 0. The van der Waals surface area contributed by atoms with E-state index in [9.17, 15) is 9.59 Å². The molecule has 1 aliphatic carbocycles. The van der Waals surface area contributed by atoms with Crippen LogP contribution in [0.2, 0.25) is 0 Å². The average Bonchev–Trinajstić information content (AvgIpc) is 3.39. The molecular formula is C22H21N5O3. The zero-order valence-corrected chi connectivity index (χ0v) is 16.5. The summed E-state index contributed by atoms with van der Waals surface area (Å²) in [4.78, 5) is 25.0. The molecule has 3 aromatic rings. The number of tetrazole rings is 1. The van der Waals surface area contributed by atoms with Gasteiger partial charge in [0.25, 0.3) is 5.91 Å². The topological polar surface area (TPSA) is 99.0 Å². The minimum absolute atomic E-state index is 0.119. The van der Waals surface area contributed by atoms with E-state index in [0.29, 0.717) is 11.5 Å². The van der Waals surface area contributed by atoms with Gasteiger partial charge in [-0.05, 0) is 71.5 Å². The molecule has 1 aromatic heterocycles. The molecule has 0 radical (unpaired) electrons. The van der Waals surface area contributed by atoms with Gasteiger partial charge in [0.1, 0.15) is 0 Å². The van der Waals surface area contributed by atoms with Crippen LogP contribution in [0.4, 0.5) is 5.69 Å². The first kappa shape index (κ1) is 19.5. The van der Waals surface area contributed by atoms with Gasteiger partial charge >= 0.3 is 5.97 Å². The molecule has 2 aromatic carbocycles. The normalized spacial score (nSPS) is 13.0. The summed E-state index contributed by atoms with van der Waals surface area (Å²) in [5, 5.41) is 14.0. The number of aryl methyl sites for hydroxylation is 3. The highest BCUT2D eigenvalue weighted by molar-refractivity contribution is 6.15. The van der Waals surface area contributed by atoms with Crippen molar-refractivity contribution in [2.75, 3.05) is 11.9 Å². The van der Waals surface area contributed by atoms with E-state index in [1.165, 1.54) is 15.8 Å². The number of nitrogens with zero attached hydrogens (tertiary/aromatic N) is 4. The average molecular weight is 403 g/mol. The largest absolute Gasteiger partial charge is 0.451 e. The molecule has 30 heavy (non-hydrogen) atoms. The van der Waals surface area contributed by atoms with E-state index >= 15 is 0 Å². The zero-order chi connectivity index (χ0) is 20.9. The standard InChI is InChI=1S/C22H21N5O3/c1-15-24-25-26-27(15)20(12-16-6-3-2-4-7-16)22(29)30-14-21(28)23-19-11-10-17-8-5-9-18(17)13-19/h2-4,6-7,10-13H,5,8-9,14H2,1H3,(H,23,28)/b20-12-. The SMILES string of the molecule is Cc1nnnn1/C(=C\c1ccccc1)C(=O)OCC(=O)Nc1ccc2c(c1)CCC2. The number of benzene rings is 2. The number of anilines is 1. The van der Waals surface area contributed by atoms with Gasteiger partial charge in [0.2, 0.25) is 0 Å². The highest BCUT2D eigenvalue weighted by Gasteiger charge is 2.19. The molecule has 0 unspecified atom stereocenters. The Morgan fingerprint density at radius 3 is 2.70 bits per heavy atom. The van der Waals surface area contributed by atoms with Gasteiger partial charge in [-0.1, -0.05) is 36.4 Å². The first-order valence-corrected chi connectivity index (χ1v) is 9.71. The summed E-state index contributed by atoms with van der Waals surface area (Å²) in [6, 6.07) is 15.1. The highest BCUT2D eigenvalue weighted by Crippen LogP contribution is 2.24. The van der Waals surface area contributed by atoms with Crippen molar-refractivity contribution in [2.45, 2.75) is 26.2 Å². The number of carbonyl (C=O) groups excluding carboxylic acids is 2. The Labute approximate surface area is 173 Å². The number of nitrogens with one attached hydrogen (secondary N) is 1. The van der Waals surface area contributed by atoms with E-state index in [-0.39, 0.29) is 5.70 Å². The van der Waals surface area contributed by atoms with E-state index in [0.717, 1.165) is 24.8 Å². The van der Waals surface area contributed by atoms with Crippen molar-refractivity contribution in [3.8, 4) is 0 Å². The van der Waals surface area contributed by atoms with Crippen LogP contribution in [0.25, 0.3) is 11.8 Å². The lowest BCUT2D eigenvalue weighted by Gasteiger charge is -2.10. The Morgan fingerprint density at radius 2 is 1.93 bits per heavy atom. The fraction of sp³-hybridized carbons (Fsp3) is 0.227. The quantitative estimate of drug-likeness (QED) is 0.502. The van der Waals surface area contributed by atoms with Gasteiger partial charge < -0.3 is 10.1 Å². The lowest BCUT2D eigenvalue weighted by Crippen LogP contribution is -2.23. The van der Waals surface area contributed by atoms with Crippen molar-refractivity contribution < 1.29 is 14.3 Å². The maximum Gasteiger partial charge on any atom is 0.357 e. The van der Waals surface area contributed by atoms with Crippen molar-refractivity contribution in [2.24, 2.45) is 0 Å². The number of hydrogen-bond acceptors (Lipinski definition) is 6. The van der Waals surface area contributed by atoms with Gasteiger partial charge in [-0.25, -0.2) is 4.79 Å². The molecule has 0 saturated heterocycles. The molecule has 0 fully saturated rings. The molecule has 1 amide bonds. The minimum atomic E-state index is -0.696. The highest BCUT2D eigenvalue weighted by atomic mass is 16.5. The molecule has 8 heteroatoms. The van der Waals surface area contributed by atoms with Crippen molar-refractivity contribution in [3.05, 3.63) is 71.0 Å². The molecule has 1 heterocycles. The van der Waals surface area contributed by atoms with Crippen LogP contribution in [0, 0.1) is 6.92 Å². The fourth-order valence-corrected chi connectivity index (χ4v) is 3.42. The van der Waals surface area contributed by atoms with Crippen molar-refractivity contribution in [1.82, 2.24) is 20.2 Å². The van der Waals surface area contributed by atoms with Gasteiger partial charge in [0.15, 0.2) is 18.1 Å². The Kier molecular flexibility index (Phi) is 5.65. The van der Waals surface area contributed by atoms with Crippen molar-refractivity contribution in [1.29, 1.82) is 0 Å². The van der Waals surface area contributed by atoms with E-state index < -0.39 is 18.5 Å². The van der Waals surface area contributed by atoms with Crippen LogP contribution >= 0.6 is 0 Å². The van der Waals surface area contributed by atoms with Gasteiger partial charge in [-0.15, -0.1) is 5.10 Å². The Morgan fingerprint density at radius 1 is 1.13 bits per heavy atom. The van der Waals surface area contributed by atoms with E-state index in [4.69, 9.17) is 4.74 Å². The number of aromatic nitrogens is 4. The number of ether oxygens (including phenoxy) is 1. The van der Waals surface area contributed by atoms with Gasteiger partial charge in [0.05, 0.1) is 0 Å². The van der Waals surface area contributed by atoms with Crippen LogP contribution in [0.1, 0.15) is 28.9 Å². The van der Waals surface area contributed by atoms with Gasteiger partial charge in [0, 0.05) is 5.69 Å². The van der Waals surface area contributed by atoms with Crippen LogP contribution in [-0.2, 0) is 27.2 Å². The van der Waals surface area contributed by atoms with Crippen LogP contribution in [0.15, 0.2) is 48.5 Å². The Bertz CT molecular complexity index is 1100. The molecule has 152 valence electrons. The smallest absolute Gasteiger partial charge is 0.357 e. The number of carbonyl (C=O) groups is 2. The monoisotopic (exact) mass is 403 g/mol. The van der Waals surface area contributed by atoms with E-state index in [1.54, 1.807) is 13.0 Å². The van der Waals surface area contributed by atoms with Crippen LogP contribution in [0.5, 0.6) is 0 Å². The zero-order valence-electron chi connectivity index (χ0n) is 16.5. The molecule has 0 bridgehead atoms. The predicted octanol–water partition coefficient (Wildman–Crippen LogP) is 2.65. The predicted molar refractivity (Wildman–Crippen MR) is 111 cm³/mol. The van der Waals surface area contributed by atoms with Crippen LogP contribution in [-0.4, -0.2) is 38.7 Å². The second-order valence-corrected chi connectivity index (χ2v) is 7.04. The number of rotatable bonds is 6. The third kappa shape index (κ3) is 4.43. The summed E-state index contributed by atoms with van der Waals surface area (Å²) in [7, 11) is 0. The first-order chi connectivity index (χ1) is 14.6. The molecule has 0 atom stereocenters. The summed E-state index contributed by atoms with van der Waals surface area (Å²) in [5.41, 5.74) is 4.18. The van der Waals surface area contributed by atoms with E-state index in [1.807, 2.05) is 48.5 Å². The second-order valence-electron chi connectivity index (χ2n) is 7.04. The van der Waals surface area contributed by atoms with Gasteiger partial charge in [-0.2, -0.15) is 4.68 Å². The molecule has 1 aliphatic rings. The molecule has 8 nitrogen and oxygen atoms in total. The molecule has 1 N–H and O–H groups in total. The molecule has 4 rings (SSSR count). The van der Waals surface area contributed by atoms with E-state index in [2.05, 4.69) is 20.8 Å². The first-order valence-electron chi connectivity index (χ1n) is 9.71. The van der Waals surface area contributed by atoms with Gasteiger partial charge in [-0.3, -0.25) is 4.79 Å². The van der Waals surface area contributed by atoms with Crippen LogP contribution in [0.3, 0.4) is 0 Å². The lowest BCUT2D eigenvalue weighted by atomic mass is 10.1. The lowest BCUT2D eigenvalue weighted by molar-refractivity contribution is -0.141. The molecule has 0 aliphatic heterocycles. The van der Waals surface area contributed by atoms with Crippen molar-refractivity contribution in [3.63, 3.8) is 0 Å². The molecular weight excluding hydrogens is 382 g/mol. The summed E-state index contributed by atoms with van der Waals surface area (Å²) < 4.78 is 6.53. The number of hydrogen-bond donors (Lipinski definition) is 1. The Balaban J connectivity index is 1.44. The number of esters is 1. The molecule has 0 spiro atoms. The van der Waals surface area contributed by atoms with Crippen LogP contribution < -0.4 is 5.32 Å². The second kappa shape index (κ2) is 8.69. The summed E-state index contributed by atoms with van der Waals surface area (Å²) in [5.74, 6) is -0.677. The third-order valence-electron chi connectivity index (χ3n) is 4.88. The fourth-order valence-electron chi connectivity index (χ4n) is 3.42. The number of fused-ring (bicyclic) bond motifs is 1. The minimum Gasteiger partial charge on any atom is -0.451 e. The third-order valence-corrected chi connectivity index (χ3v) is 4.88. The summed E-state index contributed by atoms with van der Waals surface area (Å²) in [6.45, 7) is 1.26.